The van der Waals surface area contributed by atoms with Gasteiger partial charge in [-0.05, 0) is 67.6 Å². The van der Waals surface area contributed by atoms with Crippen LogP contribution in [-0.2, 0) is 0 Å². The Morgan fingerprint density at radius 3 is 2.81 bits per heavy atom. The fourth-order valence-corrected chi connectivity index (χ4v) is 2.36. The maximum Gasteiger partial charge on any atom is 0.126 e. The first-order valence-electron chi connectivity index (χ1n) is 5.85. The monoisotopic (exact) mass is 331 g/mol. The Hall–Kier alpha value is -0.360. The van der Waals surface area contributed by atoms with E-state index >= 15 is 0 Å². The van der Waals surface area contributed by atoms with Gasteiger partial charge in [0.2, 0.25) is 0 Å². The molecule has 0 aromatic carbocycles. The normalized spacial score (nSPS) is 18.6. The Morgan fingerprint density at radius 2 is 2.19 bits per heavy atom. The predicted octanol–water partition coefficient (Wildman–Crippen LogP) is 2.58. The smallest absolute Gasteiger partial charge is 0.126 e. The molecule has 0 saturated carbocycles. The van der Waals surface area contributed by atoms with Crippen molar-refractivity contribution in [3.05, 3.63) is 21.9 Å². The Morgan fingerprint density at radius 1 is 1.44 bits per heavy atom. The van der Waals surface area contributed by atoms with Gasteiger partial charge in [0, 0.05) is 22.4 Å². The lowest BCUT2D eigenvalue weighted by atomic mass is 10.3. The topological polar surface area (TPSA) is 28.2 Å². The molecule has 1 aromatic heterocycles. The van der Waals surface area contributed by atoms with E-state index in [2.05, 4.69) is 50.8 Å². The highest BCUT2D eigenvalue weighted by Crippen LogP contribution is 2.12. The molecule has 0 amide bonds. The summed E-state index contributed by atoms with van der Waals surface area (Å²) in [6.07, 6.45) is 4.60. The molecule has 1 atom stereocenters. The molecule has 1 N–H and O–H groups in total. The number of halogens is 1. The van der Waals surface area contributed by atoms with Gasteiger partial charge in [0.05, 0.1) is 0 Å². The van der Waals surface area contributed by atoms with Crippen LogP contribution < -0.4 is 5.32 Å². The summed E-state index contributed by atoms with van der Waals surface area (Å²) in [5, 5.41) is 3.39. The van der Waals surface area contributed by atoms with Crippen molar-refractivity contribution in [1.82, 2.24) is 9.88 Å². The predicted molar refractivity (Wildman–Crippen MR) is 75.7 cm³/mol. The van der Waals surface area contributed by atoms with Crippen LogP contribution in [-0.4, -0.2) is 35.6 Å². The molecule has 88 valence electrons. The lowest BCUT2D eigenvalue weighted by molar-refractivity contribution is 0.269. The van der Waals surface area contributed by atoms with Gasteiger partial charge in [-0.15, -0.1) is 0 Å². The van der Waals surface area contributed by atoms with Crippen LogP contribution in [0.15, 0.2) is 18.3 Å². The van der Waals surface area contributed by atoms with E-state index in [1.807, 2.05) is 12.3 Å². The summed E-state index contributed by atoms with van der Waals surface area (Å²) in [5.74, 6) is 0.978. The molecule has 0 radical (unpaired) electrons. The molecule has 4 heteroatoms. The molecule has 0 bridgehead atoms. The number of likely N-dealkylation sites (tertiary alicyclic amines) is 1. The summed E-state index contributed by atoms with van der Waals surface area (Å²) in [4.78, 5) is 6.88. The van der Waals surface area contributed by atoms with Crippen molar-refractivity contribution in [2.45, 2.75) is 25.8 Å². The highest BCUT2D eigenvalue weighted by molar-refractivity contribution is 14.1. The zero-order chi connectivity index (χ0) is 11.4. The lowest BCUT2D eigenvalue weighted by Gasteiger charge is -2.24. The molecule has 2 heterocycles. The third-order valence-corrected chi connectivity index (χ3v) is 3.71. The van der Waals surface area contributed by atoms with Gasteiger partial charge in [0.1, 0.15) is 5.82 Å². The summed E-state index contributed by atoms with van der Waals surface area (Å²) >= 11 is 2.27. The summed E-state index contributed by atoms with van der Waals surface area (Å²) in [5.41, 5.74) is 0. The second kappa shape index (κ2) is 5.82. The van der Waals surface area contributed by atoms with Crippen molar-refractivity contribution < 1.29 is 0 Å². The molecule has 1 aliphatic heterocycles. The Labute approximate surface area is 111 Å². The number of rotatable bonds is 4. The number of nitrogens with one attached hydrogen (secondary N) is 1. The van der Waals surface area contributed by atoms with Crippen LogP contribution in [0.3, 0.4) is 0 Å². The minimum atomic E-state index is 0.601. The molecule has 1 unspecified atom stereocenters. The molecule has 2 rings (SSSR count). The molecule has 1 aliphatic rings. The third-order valence-electron chi connectivity index (χ3n) is 3.07. The molecular weight excluding hydrogens is 313 g/mol. The lowest BCUT2D eigenvalue weighted by Crippen LogP contribution is -2.35. The first-order valence-corrected chi connectivity index (χ1v) is 6.93. The minimum absolute atomic E-state index is 0.601. The van der Waals surface area contributed by atoms with E-state index in [1.165, 1.54) is 29.5 Å². The van der Waals surface area contributed by atoms with E-state index in [4.69, 9.17) is 0 Å². The average molecular weight is 331 g/mol. The van der Waals surface area contributed by atoms with Crippen LogP contribution in [0.1, 0.15) is 19.8 Å². The maximum atomic E-state index is 4.34. The van der Waals surface area contributed by atoms with Gasteiger partial charge in [0.15, 0.2) is 0 Å². The quantitative estimate of drug-likeness (QED) is 0.860. The highest BCUT2D eigenvalue weighted by atomic mass is 127. The number of nitrogens with zero attached hydrogens (tertiary/aromatic N) is 2. The highest BCUT2D eigenvalue weighted by Gasteiger charge is 2.17. The fraction of sp³-hybridized carbons (Fsp3) is 0.583. The van der Waals surface area contributed by atoms with Crippen molar-refractivity contribution in [2.75, 3.05) is 25.0 Å². The Balaban J connectivity index is 1.80. The zero-order valence-corrected chi connectivity index (χ0v) is 11.8. The van der Waals surface area contributed by atoms with Crippen molar-refractivity contribution in [3.63, 3.8) is 0 Å². The average Bonchev–Trinajstić information content (AvgIpc) is 2.81. The fourth-order valence-electron chi connectivity index (χ4n) is 2.04. The van der Waals surface area contributed by atoms with Crippen LogP contribution in [0.4, 0.5) is 5.82 Å². The van der Waals surface area contributed by atoms with Gasteiger partial charge in [-0.3, -0.25) is 4.90 Å². The molecule has 1 aromatic rings. The third kappa shape index (κ3) is 3.31. The molecule has 16 heavy (non-hydrogen) atoms. The van der Waals surface area contributed by atoms with Crippen LogP contribution >= 0.6 is 22.6 Å². The van der Waals surface area contributed by atoms with Gasteiger partial charge in [-0.1, -0.05) is 0 Å². The Kier molecular flexibility index (Phi) is 4.40. The largest absolute Gasteiger partial charge is 0.369 e. The van der Waals surface area contributed by atoms with E-state index in [0.717, 1.165) is 12.4 Å². The van der Waals surface area contributed by atoms with E-state index in [0.29, 0.717) is 6.04 Å². The molecule has 0 spiro atoms. The first kappa shape index (κ1) is 12.1. The number of anilines is 1. The minimum Gasteiger partial charge on any atom is -0.369 e. The van der Waals surface area contributed by atoms with Crippen LogP contribution in [0.25, 0.3) is 0 Å². The van der Waals surface area contributed by atoms with E-state index in [9.17, 15) is 0 Å². The summed E-state index contributed by atoms with van der Waals surface area (Å²) < 4.78 is 1.18. The van der Waals surface area contributed by atoms with Crippen molar-refractivity contribution in [3.8, 4) is 0 Å². The summed E-state index contributed by atoms with van der Waals surface area (Å²) in [6, 6.07) is 4.72. The maximum absolute atomic E-state index is 4.34. The van der Waals surface area contributed by atoms with Gasteiger partial charge in [0.25, 0.3) is 0 Å². The number of pyridine rings is 1. The molecule has 0 aliphatic carbocycles. The van der Waals surface area contributed by atoms with E-state index in [1.54, 1.807) is 0 Å². The molecule has 1 fully saturated rings. The van der Waals surface area contributed by atoms with Crippen molar-refractivity contribution in [2.24, 2.45) is 0 Å². The summed E-state index contributed by atoms with van der Waals surface area (Å²) in [6.45, 7) is 5.77. The van der Waals surface area contributed by atoms with Crippen LogP contribution in [0, 0.1) is 3.57 Å². The van der Waals surface area contributed by atoms with Crippen molar-refractivity contribution in [1.29, 1.82) is 0 Å². The van der Waals surface area contributed by atoms with E-state index < -0.39 is 0 Å². The number of hydrogen-bond donors (Lipinski definition) is 1. The van der Waals surface area contributed by atoms with Gasteiger partial charge < -0.3 is 5.32 Å². The molecular formula is C12H18IN3. The first-order chi connectivity index (χ1) is 7.75. The van der Waals surface area contributed by atoms with Crippen molar-refractivity contribution >= 4 is 28.4 Å². The second-order valence-corrected chi connectivity index (χ2v) is 5.58. The number of hydrogen-bond acceptors (Lipinski definition) is 3. The standard InChI is InChI=1S/C12H18IN3/c1-10(16-6-2-3-7-16)8-14-12-5-4-11(13)9-15-12/h4-5,9-10H,2-3,6-8H2,1H3,(H,14,15). The Bertz CT molecular complexity index is 320. The molecule has 1 saturated heterocycles. The van der Waals surface area contributed by atoms with Crippen LogP contribution in [0.2, 0.25) is 0 Å². The van der Waals surface area contributed by atoms with Gasteiger partial charge >= 0.3 is 0 Å². The second-order valence-electron chi connectivity index (χ2n) is 4.33. The molecule has 3 nitrogen and oxygen atoms in total. The van der Waals surface area contributed by atoms with Gasteiger partial charge in [-0.25, -0.2) is 4.98 Å². The van der Waals surface area contributed by atoms with Crippen LogP contribution in [0.5, 0.6) is 0 Å². The van der Waals surface area contributed by atoms with Gasteiger partial charge in [-0.2, -0.15) is 0 Å². The SMILES string of the molecule is CC(CNc1ccc(I)cn1)N1CCCC1. The van der Waals surface area contributed by atoms with E-state index in [-0.39, 0.29) is 0 Å². The zero-order valence-electron chi connectivity index (χ0n) is 9.62. The summed E-state index contributed by atoms with van der Waals surface area (Å²) in [7, 11) is 0. The number of aromatic nitrogens is 1.